The molecular formula is C39H55O3P. The van der Waals surface area contributed by atoms with Crippen LogP contribution in [0.4, 0.5) is 0 Å². The normalized spacial score (nSPS) is 17.7. The van der Waals surface area contributed by atoms with E-state index >= 15 is 0 Å². The average molecular weight is 603 g/mol. The highest BCUT2D eigenvalue weighted by atomic mass is 31.2. The quantitative estimate of drug-likeness (QED) is 0.273. The summed E-state index contributed by atoms with van der Waals surface area (Å²) in [7, 11) is -1.87. The van der Waals surface area contributed by atoms with Crippen LogP contribution in [0.25, 0.3) is 0 Å². The second-order valence-corrected chi connectivity index (χ2v) is 17.9. The van der Waals surface area contributed by atoms with Crippen LogP contribution in [-0.2, 0) is 21.7 Å². The number of fused-ring (bicyclic) bond motifs is 2. The molecule has 0 aliphatic carbocycles. The van der Waals surface area contributed by atoms with E-state index in [1.807, 2.05) is 0 Å². The third-order valence-corrected chi connectivity index (χ3v) is 9.41. The molecule has 1 aliphatic rings. The molecule has 3 aromatic carbocycles. The Morgan fingerprint density at radius 1 is 0.512 bits per heavy atom. The Morgan fingerprint density at radius 3 is 1.14 bits per heavy atom. The maximum absolute atomic E-state index is 7.13. The molecule has 4 heteroatoms. The molecule has 0 saturated heterocycles. The van der Waals surface area contributed by atoms with Gasteiger partial charge >= 0.3 is 8.60 Å². The van der Waals surface area contributed by atoms with Crippen molar-refractivity contribution in [3.05, 3.63) is 86.5 Å². The van der Waals surface area contributed by atoms with Gasteiger partial charge in [0, 0.05) is 39.3 Å². The number of benzene rings is 3. The summed E-state index contributed by atoms with van der Waals surface area (Å²) in [5.41, 5.74) is 10.3. The lowest BCUT2D eigenvalue weighted by atomic mass is 9.78. The van der Waals surface area contributed by atoms with Crippen molar-refractivity contribution in [3.63, 3.8) is 0 Å². The molecule has 3 aromatic rings. The van der Waals surface area contributed by atoms with Crippen LogP contribution in [-0.4, -0.2) is 0 Å². The van der Waals surface area contributed by atoms with Gasteiger partial charge < -0.3 is 13.6 Å². The third kappa shape index (κ3) is 6.93. The first-order valence-electron chi connectivity index (χ1n) is 15.8. The van der Waals surface area contributed by atoms with Crippen LogP contribution in [0.1, 0.15) is 146 Å². The number of rotatable bonds is 2. The molecule has 0 spiro atoms. The van der Waals surface area contributed by atoms with Crippen molar-refractivity contribution >= 4 is 8.60 Å². The van der Waals surface area contributed by atoms with Gasteiger partial charge in [-0.25, -0.2) is 0 Å². The van der Waals surface area contributed by atoms with Crippen molar-refractivity contribution in [2.75, 3.05) is 0 Å². The van der Waals surface area contributed by atoms with E-state index in [-0.39, 0.29) is 27.6 Å². The molecule has 0 atom stereocenters. The summed E-state index contributed by atoms with van der Waals surface area (Å²) in [4.78, 5) is 0. The molecule has 3 nitrogen and oxygen atoms in total. The summed E-state index contributed by atoms with van der Waals surface area (Å²) in [6.07, 6.45) is 0. The van der Waals surface area contributed by atoms with Crippen LogP contribution in [0.5, 0.6) is 17.2 Å². The molecule has 0 fully saturated rings. The highest BCUT2D eigenvalue weighted by molar-refractivity contribution is 7.43. The van der Waals surface area contributed by atoms with E-state index < -0.39 is 8.60 Å². The van der Waals surface area contributed by atoms with Crippen LogP contribution in [0.15, 0.2) is 36.4 Å². The van der Waals surface area contributed by atoms with Gasteiger partial charge in [-0.2, -0.15) is 0 Å². The van der Waals surface area contributed by atoms with Crippen LogP contribution < -0.4 is 13.6 Å². The SMILES string of the molecule is Cc1cc2c(c(C(C)(C)C)c1)OP(Oc1c(C(C)(C)C)cc(C)cc1C(C)(C)C)Oc1c(cc(C)cc1C(C)(C)C)C2C. The van der Waals surface area contributed by atoms with Crippen molar-refractivity contribution < 1.29 is 13.6 Å². The van der Waals surface area contributed by atoms with Crippen LogP contribution in [0.2, 0.25) is 0 Å². The van der Waals surface area contributed by atoms with Gasteiger partial charge in [-0.1, -0.05) is 143 Å². The van der Waals surface area contributed by atoms with Gasteiger partial charge in [0.2, 0.25) is 0 Å². The maximum atomic E-state index is 7.13. The highest BCUT2D eigenvalue weighted by Crippen LogP contribution is 2.56. The zero-order chi connectivity index (χ0) is 32.4. The minimum Gasteiger partial charge on any atom is -0.408 e. The molecule has 234 valence electrons. The maximum Gasteiger partial charge on any atom is 0.530 e. The van der Waals surface area contributed by atoms with Crippen molar-refractivity contribution in [2.24, 2.45) is 0 Å². The van der Waals surface area contributed by atoms with Crippen LogP contribution in [0.3, 0.4) is 0 Å². The molecule has 4 rings (SSSR count). The fourth-order valence-electron chi connectivity index (χ4n) is 6.00. The first-order chi connectivity index (χ1) is 19.5. The van der Waals surface area contributed by atoms with Gasteiger partial charge in [0.25, 0.3) is 0 Å². The predicted octanol–water partition coefficient (Wildman–Crippen LogP) is 12.0. The zero-order valence-electron chi connectivity index (χ0n) is 29.7. The Hall–Kier alpha value is -2.51. The largest absolute Gasteiger partial charge is 0.530 e. The average Bonchev–Trinajstić information content (AvgIpc) is 2.82. The molecule has 1 heterocycles. The molecular weight excluding hydrogens is 547 g/mol. The zero-order valence-corrected chi connectivity index (χ0v) is 30.6. The van der Waals surface area contributed by atoms with E-state index in [2.05, 4.69) is 147 Å². The molecule has 0 aromatic heterocycles. The Morgan fingerprint density at radius 2 is 0.814 bits per heavy atom. The number of aryl methyl sites for hydroxylation is 3. The lowest BCUT2D eigenvalue weighted by Crippen LogP contribution is -2.22. The summed E-state index contributed by atoms with van der Waals surface area (Å²) in [5, 5.41) is 0. The molecule has 0 radical (unpaired) electrons. The van der Waals surface area contributed by atoms with Crippen molar-refractivity contribution in [3.8, 4) is 17.2 Å². The summed E-state index contributed by atoms with van der Waals surface area (Å²) >= 11 is 0. The molecule has 0 N–H and O–H groups in total. The van der Waals surface area contributed by atoms with Gasteiger partial charge in [-0.15, -0.1) is 0 Å². The molecule has 0 saturated carbocycles. The monoisotopic (exact) mass is 602 g/mol. The highest BCUT2D eigenvalue weighted by Gasteiger charge is 2.38. The molecule has 0 amide bonds. The lowest BCUT2D eigenvalue weighted by molar-refractivity contribution is 0.358. The van der Waals surface area contributed by atoms with E-state index in [9.17, 15) is 0 Å². The Kier molecular flexibility index (Phi) is 8.64. The van der Waals surface area contributed by atoms with E-state index in [0.29, 0.717) is 0 Å². The van der Waals surface area contributed by atoms with E-state index in [4.69, 9.17) is 13.6 Å². The van der Waals surface area contributed by atoms with Crippen molar-refractivity contribution in [1.29, 1.82) is 0 Å². The first kappa shape index (κ1) is 33.4. The van der Waals surface area contributed by atoms with Gasteiger partial charge in [0.05, 0.1) is 0 Å². The Bertz CT molecular complexity index is 1410. The first-order valence-corrected chi connectivity index (χ1v) is 16.9. The molecule has 0 unspecified atom stereocenters. The lowest BCUT2D eigenvalue weighted by Gasteiger charge is -2.36. The van der Waals surface area contributed by atoms with E-state index in [0.717, 1.165) is 17.2 Å². The fourth-order valence-corrected chi connectivity index (χ4v) is 7.16. The third-order valence-electron chi connectivity index (χ3n) is 8.42. The van der Waals surface area contributed by atoms with E-state index in [1.165, 1.54) is 50.1 Å². The fraction of sp³-hybridized carbons (Fsp3) is 0.538. The predicted molar refractivity (Wildman–Crippen MR) is 185 cm³/mol. The van der Waals surface area contributed by atoms with Gasteiger partial charge in [-0.3, -0.25) is 0 Å². The number of hydrogen-bond donors (Lipinski definition) is 0. The summed E-state index contributed by atoms with van der Waals surface area (Å²) in [6.45, 7) is 35.9. The van der Waals surface area contributed by atoms with Crippen molar-refractivity contribution in [1.82, 2.24) is 0 Å². The second kappa shape index (κ2) is 11.1. The standard InChI is InChI=1S/C39H55O3P/c1-23-17-27-26(4)28-18-24(2)20-30(37(8,9)10)34(28)41-43(40-33(27)29(19-23)36(5,6)7)42-35-31(38(11,12)13)21-25(3)22-32(35)39(14,15)16/h17-22,26H,1-16H3. The van der Waals surface area contributed by atoms with Gasteiger partial charge in [0.15, 0.2) is 0 Å². The van der Waals surface area contributed by atoms with Crippen LogP contribution >= 0.6 is 8.60 Å². The summed E-state index contributed by atoms with van der Waals surface area (Å²) in [6, 6.07) is 13.7. The van der Waals surface area contributed by atoms with E-state index in [1.54, 1.807) is 0 Å². The minimum atomic E-state index is -1.87. The Labute approximate surface area is 263 Å². The van der Waals surface area contributed by atoms with Gasteiger partial charge in [-0.05, 0) is 42.4 Å². The summed E-state index contributed by atoms with van der Waals surface area (Å²) in [5.74, 6) is 2.74. The molecule has 0 bridgehead atoms. The van der Waals surface area contributed by atoms with Crippen LogP contribution in [0, 0.1) is 20.8 Å². The second-order valence-electron chi connectivity index (χ2n) is 16.9. The Balaban J connectivity index is 2.07. The minimum absolute atomic E-state index is 0.0822. The summed E-state index contributed by atoms with van der Waals surface area (Å²) < 4.78 is 21.3. The molecule has 1 aliphatic heterocycles. The molecule has 43 heavy (non-hydrogen) atoms. The smallest absolute Gasteiger partial charge is 0.408 e. The van der Waals surface area contributed by atoms with Crippen molar-refractivity contribution in [2.45, 2.75) is 138 Å². The topological polar surface area (TPSA) is 27.7 Å². The van der Waals surface area contributed by atoms with Gasteiger partial charge in [0.1, 0.15) is 17.2 Å². The number of hydrogen-bond acceptors (Lipinski definition) is 3.